The summed E-state index contributed by atoms with van der Waals surface area (Å²) in [4.78, 5) is 60.2. The van der Waals surface area contributed by atoms with Gasteiger partial charge in [-0.05, 0) is 99.2 Å². The minimum absolute atomic E-state index is 0.127. The number of fused-ring (bicyclic) bond motifs is 6. The van der Waals surface area contributed by atoms with Gasteiger partial charge in [0.2, 0.25) is 17.6 Å². The second-order valence-electron chi connectivity index (χ2n) is 13.8. The van der Waals surface area contributed by atoms with E-state index >= 15 is 0 Å². The van der Waals surface area contributed by atoms with Crippen molar-refractivity contribution in [2.75, 3.05) is 4.90 Å². The van der Waals surface area contributed by atoms with Gasteiger partial charge in [0, 0.05) is 16.5 Å². The molecule has 2 fully saturated rings. The molecular weight excluding hydrogens is 640 g/mol. The zero-order valence-electron chi connectivity index (χ0n) is 28.5. The molecule has 2 heterocycles. The van der Waals surface area contributed by atoms with Crippen molar-refractivity contribution in [2.45, 2.75) is 39.9 Å². The van der Waals surface area contributed by atoms with Gasteiger partial charge in [-0.1, -0.05) is 65.7 Å². The number of amides is 2. The van der Waals surface area contributed by atoms with Gasteiger partial charge in [-0.25, -0.2) is 9.78 Å². The highest BCUT2D eigenvalue weighted by atomic mass is 16.5. The average molecular weight is 677 g/mol. The van der Waals surface area contributed by atoms with E-state index in [9.17, 15) is 19.2 Å². The molecule has 8 heteroatoms. The summed E-state index contributed by atoms with van der Waals surface area (Å²) >= 11 is 0. The summed E-state index contributed by atoms with van der Waals surface area (Å²) in [5.74, 6) is -0.894. The summed E-state index contributed by atoms with van der Waals surface area (Å²) in [6, 6.07) is 31.0. The molecule has 5 unspecified atom stereocenters. The largest absolute Gasteiger partial charge is 0.489 e. The second-order valence-corrected chi connectivity index (χ2v) is 13.8. The zero-order chi connectivity index (χ0) is 35.4. The predicted octanol–water partition coefficient (Wildman–Crippen LogP) is 7.92. The number of imide groups is 1. The van der Waals surface area contributed by atoms with E-state index in [-0.39, 0.29) is 46.8 Å². The number of Topliss-reactive ketones (excluding diaryl/α,β-unsaturated/α-hetero) is 1. The molecule has 8 rings (SSSR count). The normalized spacial score (nSPS) is 21.1. The van der Waals surface area contributed by atoms with E-state index in [1.807, 2.05) is 55.5 Å². The van der Waals surface area contributed by atoms with Gasteiger partial charge >= 0.3 is 5.97 Å². The number of aromatic nitrogens is 1. The SMILES string of the molecule is CC1=CC2CC1C1C(=O)N(c3ccc(-c4cc(C(=O)OC(C)C(=O)c5ccc(OCc6ccccc6)cc5)c5cc(C)ccc5n4)cc3)C(=O)C21. The highest BCUT2D eigenvalue weighted by molar-refractivity contribution is 6.23. The standard InChI is InChI=1S/C43H36N2O6/c1-24-9-18-36-34(19-24)35(43(49)51-26(3)40(46)29-12-16-32(17-13-29)50-23-27-7-5-4-6-8-27)22-37(44-36)28-10-14-31(15-11-28)45-41(47)38-30-20-25(2)33(21-30)39(38)42(45)48/h4-20,22,26,30,33,38-39H,21,23H2,1-3H3. The van der Waals surface area contributed by atoms with Crippen LogP contribution in [0.4, 0.5) is 5.69 Å². The number of pyridine rings is 1. The van der Waals surface area contributed by atoms with Crippen molar-refractivity contribution in [3.8, 4) is 17.0 Å². The van der Waals surface area contributed by atoms with Crippen molar-refractivity contribution in [1.29, 1.82) is 0 Å². The molecule has 2 bridgehead atoms. The Labute approximate surface area is 295 Å². The number of anilines is 1. The molecule has 254 valence electrons. The van der Waals surface area contributed by atoms with E-state index in [0.29, 0.717) is 45.8 Å². The Balaban J connectivity index is 1.00. The third kappa shape index (κ3) is 5.80. The fraction of sp³-hybridized carbons (Fsp3) is 0.233. The predicted molar refractivity (Wildman–Crippen MR) is 193 cm³/mol. The van der Waals surface area contributed by atoms with Crippen LogP contribution in [0.15, 0.2) is 115 Å². The molecule has 1 aromatic heterocycles. The number of benzene rings is 4. The summed E-state index contributed by atoms with van der Waals surface area (Å²) in [5.41, 5.74) is 6.21. The van der Waals surface area contributed by atoms with E-state index in [2.05, 4.69) is 13.0 Å². The lowest BCUT2D eigenvalue weighted by molar-refractivity contribution is -0.123. The quantitative estimate of drug-likeness (QED) is 0.0677. The number of aryl methyl sites for hydroxylation is 1. The number of esters is 1. The van der Waals surface area contributed by atoms with Crippen LogP contribution in [0.25, 0.3) is 22.2 Å². The third-order valence-electron chi connectivity index (χ3n) is 10.5. The minimum atomic E-state index is -1.05. The van der Waals surface area contributed by atoms with Crippen LogP contribution in [0.2, 0.25) is 0 Å². The Hall–Kier alpha value is -5.89. The molecule has 2 amide bonds. The maximum absolute atomic E-state index is 13.7. The Kier molecular flexibility index (Phi) is 8.10. The highest BCUT2D eigenvalue weighted by Crippen LogP contribution is 2.56. The lowest BCUT2D eigenvalue weighted by atomic mass is 9.82. The number of hydrogen-bond acceptors (Lipinski definition) is 7. The Morgan fingerprint density at radius 1 is 0.863 bits per heavy atom. The molecule has 8 nitrogen and oxygen atoms in total. The molecule has 5 atom stereocenters. The van der Waals surface area contributed by atoms with Gasteiger partial charge in [0.25, 0.3) is 0 Å². The van der Waals surface area contributed by atoms with Gasteiger partial charge in [0.15, 0.2) is 6.10 Å². The Bertz CT molecular complexity index is 2240. The number of nitrogens with zero attached hydrogens (tertiary/aromatic N) is 2. The summed E-state index contributed by atoms with van der Waals surface area (Å²) < 4.78 is 11.6. The van der Waals surface area contributed by atoms with Crippen LogP contribution in [0.1, 0.15) is 52.1 Å². The highest BCUT2D eigenvalue weighted by Gasteiger charge is 2.60. The van der Waals surface area contributed by atoms with Crippen LogP contribution in [0.5, 0.6) is 5.75 Å². The van der Waals surface area contributed by atoms with Crippen molar-refractivity contribution in [1.82, 2.24) is 4.98 Å². The fourth-order valence-corrected chi connectivity index (χ4v) is 7.94. The topological polar surface area (TPSA) is 103 Å². The summed E-state index contributed by atoms with van der Waals surface area (Å²) in [5, 5.41) is 0.610. The van der Waals surface area contributed by atoms with Gasteiger partial charge in [-0.3, -0.25) is 19.3 Å². The van der Waals surface area contributed by atoms with Crippen LogP contribution in [-0.4, -0.2) is 34.7 Å². The van der Waals surface area contributed by atoms with Crippen molar-refractivity contribution in [3.63, 3.8) is 0 Å². The van der Waals surface area contributed by atoms with Gasteiger partial charge in [-0.15, -0.1) is 0 Å². The van der Waals surface area contributed by atoms with Crippen LogP contribution in [-0.2, 0) is 20.9 Å². The van der Waals surface area contributed by atoms with E-state index < -0.39 is 12.1 Å². The molecule has 0 radical (unpaired) electrons. The Morgan fingerprint density at radius 3 is 2.33 bits per heavy atom. The molecule has 3 aliphatic rings. The maximum atomic E-state index is 13.7. The number of rotatable bonds is 9. The maximum Gasteiger partial charge on any atom is 0.339 e. The van der Waals surface area contributed by atoms with Crippen molar-refractivity contribution < 1.29 is 28.7 Å². The van der Waals surface area contributed by atoms with E-state index in [1.165, 1.54) is 10.5 Å². The van der Waals surface area contributed by atoms with Crippen LogP contribution in [0, 0.1) is 30.6 Å². The average Bonchev–Trinajstić information content (AvgIpc) is 3.79. The number of carbonyl (C=O) groups excluding carboxylic acids is 4. The molecule has 1 aliphatic heterocycles. The molecule has 2 aliphatic carbocycles. The van der Waals surface area contributed by atoms with E-state index in [1.54, 1.807) is 61.5 Å². The Morgan fingerprint density at radius 2 is 1.59 bits per heavy atom. The number of hydrogen-bond donors (Lipinski definition) is 0. The number of ketones is 1. The van der Waals surface area contributed by atoms with Gasteiger partial charge < -0.3 is 9.47 Å². The molecule has 4 aromatic carbocycles. The van der Waals surface area contributed by atoms with Gasteiger partial charge in [0.05, 0.1) is 34.3 Å². The zero-order valence-corrected chi connectivity index (χ0v) is 28.5. The molecule has 1 saturated heterocycles. The van der Waals surface area contributed by atoms with Crippen LogP contribution >= 0.6 is 0 Å². The fourth-order valence-electron chi connectivity index (χ4n) is 7.94. The third-order valence-corrected chi connectivity index (χ3v) is 10.5. The van der Waals surface area contributed by atoms with Crippen LogP contribution in [0.3, 0.4) is 0 Å². The first kappa shape index (κ1) is 32.3. The molecule has 0 N–H and O–H groups in total. The lowest BCUT2D eigenvalue weighted by Crippen LogP contribution is -2.32. The van der Waals surface area contributed by atoms with Gasteiger partial charge in [-0.2, -0.15) is 0 Å². The summed E-state index contributed by atoms with van der Waals surface area (Å²) in [6.07, 6.45) is 2.00. The first-order valence-corrected chi connectivity index (χ1v) is 17.3. The van der Waals surface area contributed by atoms with Gasteiger partial charge in [0.1, 0.15) is 12.4 Å². The van der Waals surface area contributed by atoms with Crippen molar-refractivity contribution >= 4 is 40.2 Å². The van der Waals surface area contributed by atoms with E-state index in [0.717, 1.165) is 17.5 Å². The summed E-state index contributed by atoms with van der Waals surface area (Å²) in [7, 11) is 0. The molecule has 5 aromatic rings. The minimum Gasteiger partial charge on any atom is -0.489 e. The van der Waals surface area contributed by atoms with Crippen LogP contribution < -0.4 is 9.64 Å². The first-order chi connectivity index (χ1) is 24.7. The monoisotopic (exact) mass is 676 g/mol. The number of allylic oxidation sites excluding steroid dienone is 2. The smallest absolute Gasteiger partial charge is 0.339 e. The summed E-state index contributed by atoms with van der Waals surface area (Å²) in [6.45, 7) is 5.95. The number of ether oxygens (including phenoxy) is 2. The molecule has 1 saturated carbocycles. The molecule has 0 spiro atoms. The van der Waals surface area contributed by atoms with Crippen molar-refractivity contribution in [2.24, 2.45) is 23.7 Å². The van der Waals surface area contributed by atoms with Crippen molar-refractivity contribution in [3.05, 3.63) is 137 Å². The molecular formula is C43H36N2O6. The molecule has 51 heavy (non-hydrogen) atoms. The second kappa shape index (κ2) is 12.8. The first-order valence-electron chi connectivity index (χ1n) is 17.3. The number of carbonyl (C=O) groups is 4. The lowest BCUT2D eigenvalue weighted by Gasteiger charge is -2.19. The van der Waals surface area contributed by atoms with E-state index in [4.69, 9.17) is 14.5 Å².